The Morgan fingerprint density at radius 3 is 2.13 bits per heavy atom. The molecule has 1 amide bonds. The standard InChI is InChI=1S/C10H16N2O3/c1-3-5-12(6-4-2)10(15)8(11)7-9(13)14/h3-4,8H,1-2,5-7,11H2,(H,13,14). The Kier molecular flexibility index (Phi) is 6.05. The van der Waals surface area contributed by atoms with Gasteiger partial charge in [0.05, 0.1) is 12.5 Å². The van der Waals surface area contributed by atoms with Crippen molar-refractivity contribution in [1.29, 1.82) is 0 Å². The molecule has 3 N–H and O–H groups in total. The molecule has 0 aliphatic rings. The molecule has 0 aromatic carbocycles. The molecule has 1 unspecified atom stereocenters. The van der Waals surface area contributed by atoms with Crippen LogP contribution in [0.4, 0.5) is 0 Å². The number of aliphatic carboxylic acids is 1. The van der Waals surface area contributed by atoms with E-state index in [0.717, 1.165) is 0 Å². The minimum atomic E-state index is -1.09. The molecule has 0 saturated heterocycles. The molecule has 5 nitrogen and oxygen atoms in total. The Labute approximate surface area is 88.9 Å². The van der Waals surface area contributed by atoms with Crippen LogP contribution in [0.25, 0.3) is 0 Å². The van der Waals surface area contributed by atoms with Crippen LogP contribution in [0.1, 0.15) is 6.42 Å². The van der Waals surface area contributed by atoms with Gasteiger partial charge < -0.3 is 15.7 Å². The van der Waals surface area contributed by atoms with E-state index in [4.69, 9.17) is 10.8 Å². The molecule has 0 fully saturated rings. The van der Waals surface area contributed by atoms with Gasteiger partial charge in [0.25, 0.3) is 0 Å². The van der Waals surface area contributed by atoms with Crippen molar-refractivity contribution in [3.63, 3.8) is 0 Å². The molecule has 0 bridgehead atoms. The van der Waals surface area contributed by atoms with Gasteiger partial charge in [0.2, 0.25) is 5.91 Å². The van der Waals surface area contributed by atoms with E-state index in [1.54, 1.807) is 12.2 Å². The van der Waals surface area contributed by atoms with Crippen LogP contribution in [0, 0.1) is 0 Å². The number of nitrogens with two attached hydrogens (primary N) is 1. The Morgan fingerprint density at radius 1 is 1.33 bits per heavy atom. The van der Waals surface area contributed by atoms with Crippen LogP contribution in [-0.2, 0) is 9.59 Å². The number of carboxylic acids is 1. The fourth-order valence-electron chi connectivity index (χ4n) is 1.08. The fourth-order valence-corrected chi connectivity index (χ4v) is 1.08. The second-order valence-corrected chi connectivity index (χ2v) is 3.02. The number of rotatable bonds is 7. The summed E-state index contributed by atoms with van der Waals surface area (Å²) in [5.74, 6) is -1.50. The summed E-state index contributed by atoms with van der Waals surface area (Å²) in [5.41, 5.74) is 5.44. The molecule has 0 rings (SSSR count). The van der Waals surface area contributed by atoms with E-state index >= 15 is 0 Å². The average molecular weight is 212 g/mol. The molecule has 0 aromatic rings. The van der Waals surface area contributed by atoms with Crippen LogP contribution in [0.3, 0.4) is 0 Å². The lowest BCUT2D eigenvalue weighted by atomic mass is 10.2. The highest BCUT2D eigenvalue weighted by atomic mass is 16.4. The maximum Gasteiger partial charge on any atom is 0.305 e. The third-order valence-corrected chi connectivity index (χ3v) is 1.72. The first-order valence-electron chi connectivity index (χ1n) is 4.50. The fraction of sp³-hybridized carbons (Fsp3) is 0.400. The van der Waals surface area contributed by atoms with Gasteiger partial charge in [0.15, 0.2) is 0 Å². The van der Waals surface area contributed by atoms with Gasteiger partial charge in [-0.15, -0.1) is 13.2 Å². The summed E-state index contributed by atoms with van der Waals surface area (Å²) < 4.78 is 0. The zero-order valence-electron chi connectivity index (χ0n) is 8.56. The van der Waals surface area contributed by atoms with Crippen LogP contribution >= 0.6 is 0 Å². The van der Waals surface area contributed by atoms with Gasteiger partial charge in [-0.2, -0.15) is 0 Å². The summed E-state index contributed by atoms with van der Waals surface area (Å²) >= 11 is 0. The molecular weight excluding hydrogens is 196 g/mol. The SMILES string of the molecule is C=CCN(CC=C)C(=O)C(N)CC(=O)O. The monoisotopic (exact) mass is 212 g/mol. The van der Waals surface area contributed by atoms with Crippen molar-refractivity contribution in [3.8, 4) is 0 Å². The molecule has 0 aromatic heterocycles. The number of carbonyl (C=O) groups excluding carboxylic acids is 1. The first-order valence-corrected chi connectivity index (χ1v) is 4.50. The van der Waals surface area contributed by atoms with Crippen molar-refractivity contribution >= 4 is 11.9 Å². The minimum Gasteiger partial charge on any atom is -0.481 e. The van der Waals surface area contributed by atoms with Crippen LogP contribution < -0.4 is 5.73 Å². The smallest absolute Gasteiger partial charge is 0.305 e. The van der Waals surface area contributed by atoms with E-state index in [2.05, 4.69) is 13.2 Å². The van der Waals surface area contributed by atoms with Gasteiger partial charge in [0, 0.05) is 13.1 Å². The predicted octanol–water partition coefficient (Wildman–Crippen LogP) is -0.0110. The van der Waals surface area contributed by atoms with Gasteiger partial charge >= 0.3 is 5.97 Å². The normalized spacial score (nSPS) is 11.5. The van der Waals surface area contributed by atoms with E-state index in [1.165, 1.54) is 4.90 Å². The summed E-state index contributed by atoms with van der Waals surface area (Å²) in [7, 11) is 0. The maximum atomic E-state index is 11.6. The molecule has 5 heteroatoms. The van der Waals surface area contributed by atoms with Crippen molar-refractivity contribution in [2.75, 3.05) is 13.1 Å². The van der Waals surface area contributed by atoms with E-state index in [-0.39, 0.29) is 6.42 Å². The minimum absolute atomic E-state index is 0.332. The first kappa shape index (κ1) is 13.4. The van der Waals surface area contributed by atoms with E-state index in [1.807, 2.05) is 0 Å². The van der Waals surface area contributed by atoms with Gasteiger partial charge in [-0.05, 0) is 0 Å². The van der Waals surface area contributed by atoms with E-state index < -0.39 is 17.9 Å². The van der Waals surface area contributed by atoms with Crippen LogP contribution in [0.5, 0.6) is 0 Å². The molecule has 0 aliphatic heterocycles. The molecule has 84 valence electrons. The highest BCUT2D eigenvalue weighted by Gasteiger charge is 2.21. The largest absolute Gasteiger partial charge is 0.481 e. The van der Waals surface area contributed by atoms with Crippen molar-refractivity contribution in [1.82, 2.24) is 4.90 Å². The first-order chi connectivity index (χ1) is 7.02. The molecule has 0 saturated carbocycles. The number of hydrogen-bond donors (Lipinski definition) is 2. The lowest BCUT2D eigenvalue weighted by molar-refractivity contribution is -0.141. The Bertz CT molecular complexity index is 253. The predicted molar refractivity (Wildman–Crippen MR) is 57.2 cm³/mol. The van der Waals surface area contributed by atoms with Gasteiger partial charge in [-0.3, -0.25) is 9.59 Å². The van der Waals surface area contributed by atoms with Gasteiger partial charge in [-0.1, -0.05) is 12.2 Å². The molecule has 0 heterocycles. The van der Waals surface area contributed by atoms with Crippen molar-refractivity contribution in [3.05, 3.63) is 25.3 Å². The van der Waals surface area contributed by atoms with Gasteiger partial charge in [-0.25, -0.2) is 0 Å². The summed E-state index contributed by atoms with van der Waals surface area (Å²) in [6.07, 6.45) is 2.73. The summed E-state index contributed by atoms with van der Waals surface area (Å²) in [6.45, 7) is 7.66. The number of carboxylic acid groups (broad SMARTS) is 1. The Morgan fingerprint density at radius 2 is 1.80 bits per heavy atom. The Balaban J connectivity index is 4.39. The molecule has 15 heavy (non-hydrogen) atoms. The van der Waals surface area contributed by atoms with Crippen molar-refractivity contribution in [2.45, 2.75) is 12.5 Å². The molecule has 1 atom stereocenters. The highest BCUT2D eigenvalue weighted by molar-refractivity contribution is 5.86. The molecule has 0 spiro atoms. The third kappa shape index (κ3) is 4.97. The molecule has 0 aliphatic carbocycles. The second-order valence-electron chi connectivity index (χ2n) is 3.02. The zero-order valence-corrected chi connectivity index (χ0v) is 8.56. The van der Waals surface area contributed by atoms with Crippen LogP contribution in [0.15, 0.2) is 25.3 Å². The number of amides is 1. The highest BCUT2D eigenvalue weighted by Crippen LogP contribution is 1.98. The molecular formula is C10H16N2O3. The molecule has 0 radical (unpaired) electrons. The summed E-state index contributed by atoms with van der Waals surface area (Å²) in [4.78, 5) is 23.4. The number of nitrogens with zero attached hydrogens (tertiary/aromatic N) is 1. The quantitative estimate of drug-likeness (QED) is 0.581. The maximum absolute atomic E-state index is 11.6. The van der Waals surface area contributed by atoms with Gasteiger partial charge in [0.1, 0.15) is 0 Å². The number of carbonyl (C=O) groups is 2. The van der Waals surface area contributed by atoms with Crippen molar-refractivity contribution in [2.24, 2.45) is 5.73 Å². The number of hydrogen-bond acceptors (Lipinski definition) is 3. The van der Waals surface area contributed by atoms with Crippen LogP contribution in [0.2, 0.25) is 0 Å². The lowest BCUT2D eigenvalue weighted by Crippen LogP contribution is -2.44. The summed E-state index contributed by atoms with van der Waals surface area (Å²) in [5, 5.41) is 8.48. The zero-order chi connectivity index (χ0) is 11.8. The third-order valence-electron chi connectivity index (χ3n) is 1.72. The van der Waals surface area contributed by atoms with E-state index in [0.29, 0.717) is 13.1 Å². The topological polar surface area (TPSA) is 83.6 Å². The lowest BCUT2D eigenvalue weighted by Gasteiger charge is -2.22. The van der Waals surface area contributed by atoms with Crippen LogP contribution in [-0.4, -0.2) is 41.0 Å². The van der Waals surface area contributed by atoms with E-state index in [9.17, 15) is 9.59 Å². The second kappa shape index (κ2) is 6.78. The Hall–Kier alpha value is -1.62. The van der Waals surface area contributed by atoms with Crippen molar-refractivity contribution < 1.29 is 14.7 Å². The summed E-state index contributed by atoms with van der Waals surface area (Å²) in [6, 6.07) is -1.01. The average Bonchev–Trinajstić information content (AvgIpc) is 2.15.